The Kier molecular flexibility index (Phi) is 5.45. The highest BCUT2D eigenvalue weighted by atomic mass is 16.5. The van der Waals surface area contributed by atoms with E-state index < -0.39 is 5.97 Å². The van der Waals surface area contributed by atoms with Gasteiger partial charge < -0.3 is 19.8 Å². The summed E-state index contributed by atoms with van der Waals surface area (Å²) in [6.45, 7) is 1.38. The van der Waals surface area contributed by atoms with E-state index in [-0.39, 0.29) is 12.2 Å². The van der Waals surface area contributed by atoms with Crippen LogP contribution in [0.4, 0.5) is 5.69 Å². The van der Waals surface area contributed by atoms with E-state index in [4.69, 9.17) is 14.9 Å². The molecule has 1 rings (SSSR count). The summed E-state index contributed by atoms with van der Waals surface area (Å²) < 4.78 is 4.97. The number of para-hydroxylation sites is 1. The zero-order valence-electron chi connectivity index (χ0n) is 9.80. The molecule has 0 heterocycles. The Balaban J connectivity index is 2.95. The van der Waals surface area contributed by atoms with E-state index in [0.29, 0.717) is 25.4 Å². The topological polar surface area (TPSA) is 70.0 Å². The van der Waals surface area contributed by atoms with Crippen molar-refractivity contribution in [3.8, 4) is 0 Å². The lowest BCUT2D eigenvalue weighted by Gasteiger charge is -2.25. The van der Waals surface area contributed by atoms with Crippen molar-refractivity contribution < 1.29 is 19.7 Å². The maximum atomic E-state index is 11.1. The summed E-state index contributed by atoms with van der Waals surface area (Å²) >= 11 is 0. The average Bonchev–Trinajstić information content (AvgIpc) is 2.34. The first-order valence-electron chi connectivity index (χ1n) is 5.37. The Bertz CT molecular complexity index is 367. The first-order chi connectivity index (χ1) is 8.20. The monoisotopic (exact) mass is 239 g/mol. The number of nitrogens with zero attached hydrogens (tertiary/aromatic N) is 1. The van der Waals surface area contributed by atoms with E-state index in [1.54, 1.807) is 36.3 Å². The number of benzene rings is 1. The maximum absolute atomic E-state index is 11.1. The molecule has 2 N–H and O–H groups in total. The van der Waals surface area contributed by atoms with E-state index in [9.17, 15) is 4.79 Å². The van der Waals surface area contributed by atoms with Gasteiger partial charge in [-0.2, -0.15) is 0 Å². The number of carbonyl (C=O) groups is 1. The third-order valence-electron chi connectivity index (χ3n) is 2.41. The average molecular weight is 239 g/mol. The molecule has 0 saturated heterocycles. The minimum atomic E-state index is -0.971. The lowest BCUT2D eigenvalue weighted by atomic mass is 10.1. The van der Waals surface area contributed by atoms with E-state index in [1.165, 1.54) is 0 Å². The van der Waals surface area contributed by atoms with Crippen LogP contribution in [0.5, 0.6) is 0 Å². The zero-order valence-corrected chi connectivity index (χ0v) is 9.80. The summed E-state index contributed by atoms with van der Waals surface area (Å²) in [6, 6.07) is 6.74. The fraction of sp³-hybridized carbons (Fsp3) is 0.417. The van der Waals surface area contributed by atoms with Crippen molar-refractivity contribution in [2.24, 2.45) is 0 Å². The van der Waals surface area contributed by atoms with Crippen molar-refractivity contribution >= 4 is 11.7 Å². The van der Waals surface area contributed by atoms with Crippen LogP contribution in [-0.2, 0) is 4.74 Å². The number of anilines is 1. The summed E-state index contributed by atoms with van der Waals surface area (Å²) in [5, 5.41) is 18.1. The molecular formula is C12H17NO4. The Hall–Kier alpha value is -1.59. The molecule has 94 valence electrons. The van der Waals surface area contributed by atoms with Crippen molar-refractivity contribution in [1.82, 2.24) is 0 Å². The second kappa shape index (κ2) is 6.88. The van der Waals surface area contributed by atoms with Gasteiger partial charge in [-0.1, -0.05) is 12.1 Å². The van der Waals surface area contributed by atoms with Gasteiger partial charge in [-0.25, -0.2) is 4.79 Å². The molecule has 0 spiro atoms. The molecule has 1 aromatic rings. The summed E-state index contributed by atoms with van der Waals surface area (Å²) in [5.74, 6) is -0.971. The lowest BCUT2D eigenvalue weighted by molar-refractivity contribution is 0.0697. The van der Waals surface area contributed by atoms with Crippen molar-refractivity contribution in [1.29, 1.82) is 0 Å². The highest BCUT2D eigenvalue weighted by Crippen LogP contribution is 2.19. The molecule has 1 aromatic carbocycles. The highest BCUT2D eigenvalue weighted by Gasteiger charge is 2.14. The van der Waals surface area contributed by atoms with Gasteiger partial charge in [-0.15, -0.1) is 0 Å². The second-order valence-corrected chi connectivity index (χ2v) is 3.53. The van der Waals surface area contributed by atoms with Crippen LogP contribution < -0.4 is 4.90 Å². The van der Waals surface area contributed by atoms with Crippen LogP contribution in [0.25, 0.3) is 0 Å². The molecular weight excluding hydrogens is 222 g/mol. The predicted molar refractivity (Wildman–Crippen MR) is 64.6 cm³/mol. The number of carboxylic acids is 1. The van der Waals surface area contributed by atoms with Crippen LogP contribution in [0.1, 0.15) is 10.4 Å². The summed E-state index contributed by atoms with van der Waals surface area (Å²) in [7, 11) is 1.58. The van der Waals surface area contributed by atoms with Gasteiger partial charge in [-0.05, 0) is 12.1 Å². The minimum Gasteiger partial charge on any atom is -0.478 e. The van der Waals surface area contributed by atoms with Gasteiger partial charge in [0.25, 0.3) is 0 Å². The number of aliphatic hydroxyl groups excluding tert-OH is 1. The summed E-state index contributed by atoms with van der Waals surface area (Å²) in [4.78, 5) is 12.9. The van der Waals surface area contributed by atoms with Crippen LogP contribution >= 0.6 is 0 Å². The van der Waals surface area contributed by atoms with Crippen molar-refractivity contribution in [3.05, 3.63) is 29.8 Å². The van der Waals surface area contributed by atoms with Crippen LogP contribution in [0.2, 0.25) is 0 Å². The van der Waals surface area contributed by atoms with Crippen LogP contribution in [-0.4, -0.2) is 49.6 Å². The Morgan fingerprint density at radius 3 is 2.65 bits per heavy atom. The Morgan fingerprint density at radius 1 is 1.35 bits per heavy atom. The molecule has 0 radical (unpaired) electrons. The van der Waals surface area contributed by atoms with Crippen LogP contribution in [0, 0.1) is 0 Å². The third kappa shape index (κ3) is 3.72. The molecule has 0 saturated carbocycles. The molecule has 0 aliphatic rings. The third-order valence-corrected chi connectivity index (χ3v) is 2.41. The lowest BCUT2D eigenvalue weighted by Crippen LogP contribution is -2.31. The van der Waals surface area contributed by atoms with E-state index in [2.05, 4.69) is 0 Å². The van der Waals surface area contributed by atoms with Crippen LogP contribution in [0.15, 0.2) is 24.3 Å². The summed E-state index contributed by atoms with van der Waals surface area (Å²) in [6.07, 6.45) is 0. The highest BCUT2D eigenvalue weighted by molar-refractivity contribution is 5.94. The molecule has 0 aliphatic carbocycles. The Morgan fingerprint density at radius 2 is 2.06 bits per heavy atom. The molecule has 0 atom stereocenters. The van der Waals surface area contributed by atoms with Crippen molar-refractivity contribution in [2.75, 3.05) is 38.3 Å². The standard InChI is InChI=1S/C12H17NO4/c1-17-9-7-13(6-8-14)11-5-3-2-4-10(11)12(15)16/h2-5,14H,6-9H2,1H3,(H,15,16). The molecule has 5 heteroatoms. The van der Waals surface area contributed by atoms with Gasteiger partial charge in [0.2, 0.25) is 0 Å². The normalized spacial score (nSPS) is 10.2. The fourth-order valence-corrected chi connectivity index (χ4v) is 1.61. The number of hydrogen-bond acceptors (Lipinski definition) is 4. The molecule has 0 aromatic heterocycles. The number of hydrogen-bond donors (Lipinski definition) is 2. The van der Waals surface area contributed by atoms with Crippen molar-refractivity contribution in [2.45, 2.75) is 0 Å². The predicted octanol–water partition coefficient (Wildman–Crippen LogP) is 0.830. The molecule has 0 aliphatic heterocycles. The zero-order chi connectivity index (χ0) is 12.7. The van der Waals surface area contributed by atoms with E-state index in [1.807, 2.05) is 0 Å². The summed E-state index contributed by atoms with van der Waals surface area (Å²) in [5.41, 5.74) is 0.836. The van der Waals surface area contributed by atoms with Gasteiger partial charge in [0.15, 0.2) is 0 Å². The number of aromatic carboxylic acids is 1. The van der Waals surface area contributed by atoms with E-state index in [0.717, 1.165) is 0 Å². The number of ether oxygens (including phenoxy) is 1. The first-order valence-corrected chi connectivity index (χ1v) is 5.37. The smallest absolute Gasteiger partial charge is 0.337 e. The number of methoxy groups -OCH3 is 1. The van der Waals surface area contributed by atoms with E-state index >= 15 is 0 Å². The fourth-order valence-electron chi connectivity index (χ4n) is 1.61. The van der Waals surface area contributed by atoms with Gasteiger partial charge in [-0.3, -0.25) is 0 Å². The molecule has 0 amide bonds. The molecule has 17 heavy (non-hydrogen) atoms. The van der Waals surface area contributed by atoms with Gasteiger partial charge in [0.05, 0.1) is 24.5 Å². The quantitative estimate of drug-likeness (QED) is 0.737. The first kappa shape index (κ1) is 13.5. The molecule has 5 nitrogen and oxygen atoms in total. The van der Waals surface area contributed by atoms with Crippen molar-refractivity contribution in [3.63, 3.8) is 0 Å². The van der Waals surface area contributed by atoms with Gasteiger partial charge in [0, 0.05) is 20.2 Å². The number of aliphatic hydroxyl groups is 1. The van der Waals surface area contributed by atoms with Crippen LogP contribution in [0.3, 0.4) is 0 Å². The maximum Gasteiger partial charge on any atom is 0.337 e. The second-order valence-electron chi connectivity index (χ2n) is 3.53. The molecule has 0 fully saturated rings. The largest absolute Gasteiger partial charge is 0.478 e. The number of carboxylic acid groups (broad SMARTS) is 1. The Labute approximate surface area is 100 Å². The minimum absolute atomic E-state index is 0.0301. The SMILES string of the molecule is COCCN(CCO)c1ccccc1C(=O)O. The van der Waals surface area contributed by atoms with Gasteiger partial charge in [0.1, 0.15) is 0 Å². The molecule has 0 unspecified atom stereocenters. The van der Waals surface area contributed by atoms with Gasteiger partial charge >= 0.3 is 5.97 Å². The number of rotatable bonds is 7. The molecule has 0 bridgehead atoms.